The second-order valence-electron chi connectivity index (χ2n) is 4.48. The molecule has 1 aliphatic rings. The average molecular weight is 248 g/mol. The van der Waals surface area contributed by atoms with E-state index in [0.717, 1.165) is 25.4 Å². The molecule has 0 spiro atoms. The van der Waals surface area contributed by atoms with E-state index in [1.54, 1.807) is 6.92 Å². The number of ether oxygens (including phenoxy) is 1. The maximum atomic E-state index is 11.4. The van der Waals surface area contributed by atoms with Crippen LogP contribution in [0.3, 0.4) is 0 Å². The Bertz CT molecular complexity index is 420. The van der Waals surface area contributed by atoms with E-state index in [-0.39, 0.29) is 11.9 Å². The zero-order chi connectivity index (χ0) is 13.0. The molecule has 4 nitrogen and oxygen atoms in total. The molecule has 1 atom stereocenters. The molecule has 1 heterocycles. The van der Waals surface area contributed by atoms with Crippen LogP contribution in [-0.4, -0.2) is 37.0 Å². The molecule has 4 heteroatoms. The second kappa shape index (κ2) is 5.87. The zero-order valence-corrected chi connectivity index (χ0v) is 11.0. The quantitative estimate of drug-likeness (QED) is 0.883. The van der Waals surface area contributed by atoms with Gasteiger partial charge in [-0.15, -0.1) is 0 Å². The normalized spacial score (nSPS) is 19.7. The number of carbonyl (C=O) groups excluding carboxylic acids is 1. The van der Waals surface area contributed by atoms with Crippen molar-refractivity contribution in [1.82, 2.24) is 10.2 Å². The van der Waals surface area contributed by atoms with Crippen LogP contribution in [0, 0.1) is 0 Å². The Labute approximate surface area is 108 Å². The first-order chi connectivity index (χ1) is 8.70. The van der Waals surface area contributed by atoms with Crippen LogP contribution < -0.4 is 10.1 Å². The van der Waals surface area contributed by atoms with Gasteiger partial charge in [-0.2, -0.15) is 0 Å². The fraction of sp³-hybridized carbons (Fsp3) is 0.500. The summed E-state index contributed by atoms with van der Waals surface area (Å²) in [5.41, 5.74) is 1.17. The lowest BCUT2D eigenvalue weighted by Crippen LogP contribution is -2.47. The van der Waals surface area contributed by atoms with Crippen LogP contribution >= 0.6 is 0 Å². The number of hydrogen-bond donors (Lipinski definition) is 1. The lowest BCUT2D eigenvalue weighted by Gasteiger charge is -2.33. The summed E-state index contributed by atoms with van der Waals surface area (Å²) in [7, 11) is 0. The maximum Gasteiger partial charge on any atom is 0.219 e. The Morgan fingerprint density at radius 1 is 1.56 bits per heavy atom. The van der Waals surface area contributed by atoms with Crippen molar-refractivity contribution >= 4 is 5.91 Å². The molecule has 1 aromatic rings. The Morgan fingerprint density at radius 3 is 3.11 bits per heavy atom. The van der Waals surface area contributed by atoms with Crippen LogP contribution in [0.4, 0.5) is 0 Å². The summed E-state index contributed by atoms with van der Waals surface area (Å²) >= 11 is 0. The molecule has 1 aromatic carbocycles. The van der Waals surface area contributed by atoms with Crippen LogP contribution in [0.2, 0.25) is 0 Å². The lowest BCUT2D eigenvalue weighted by molar-refractivity contribution is -0.130. The molecule has 1 saturated heterocycles. The van der Waals surface area contributed by atoms with Gasteiger partial charge in [0, 0.05) is 26.6 Å². The molecule has 2 rings (SSSR count). The van der Waals surface area contributed by atoms with Gasteiger partial charge in [0.05, 0.1) is 12.6 Å². The Kier molecular flexibility index (Phi) is 4.20. The van der Waals surface area contributed by atoms with E-state index in [1.165, 1.54) is 5.56 Å². The number of carbonyl (C=O) groups is 1. The Morgan fingerprint density at radius 2 is 2.39 bits per heavy atom. The monoisotopic (exact) mass is 248 g/mol. The van der Waals surface area contributed by atoms with E-state index in [4.69, 9.17) is 4.74 Å². The van der Waals surface area contributed by atoms with Gasteiger partial charge < -0.3 is 15.0 Å². The zero-order valence-electron chi connectivity index (χ0n) is 11.0. The first-order valence-corrected chi connectivity index (χ1v) is 6.42. The third-order valence-corrected chi connectivity index (χ3v) is 3.19. The number of rotatable bonds is 3. The summed E-state index contributed by atoms with van der Waals surface area (Å²) in [4.78, 5) is 13.3. The molecular weight excluding hydrogens is 228 g/mol. The van der Waals surface area contributed by atoms with Crippen molar-refractivity contribution in [1.29, 1.82) is 0 Å². The van der Waals surface area contributed by atoms with Crippen LogP contribution in [0.25, 0.3) is 0 Å². The molecule has 1 N–H and O–H groups in total. The van der Waals surface area contributed by atoms with Crippen LogP contribution in [0.5, 0.6) is 5.75 Å². The minimum Gasteiger partial charge on any atom is -0.494 e. The fourth-order valence-corrected chi connectivity index (χ4v) is 2.25. The molecule has 0 aliphatic carbocycles. The predicted molar refractivity (Wildman–Crippen MR) is 70.6 cm³/mol. The Balaban J connectivity index is 2.10. The van der Waals surface area contributed by atoms with Crippen LogP contribution in [0.1, 0.15) is 25.5 Å². The number of hydrogen-bond acceptors (Lipinski definition) is 3. The highest BCUT2D eigenvalue weighted by molar-refractivity contribution is 5.73. The molecule has 1 amide bonds. The van der Waals surface area contributed by atoms with Gasteiger partial charge in [0.2, 0.25) is 5.91 Å². The number of piperazine rings is 1. The molecule has 1 aliphatic heterocycles. The molecular formula is C14H20N2O2. The Hall–Kier alpha value is -1.55. The van der Waals surface area contributed by atoms with Crippen molar-refractivity contribution in [3.63, 3.8) is 0 Å². The van der Waals surface area contributed by atoms with Gasteiger partial charge >= 0.3 is 0 Å². The minimum absolute atomic E-state index is 0.141. The van der Waals surface area contributed by atoms with E-state index < -0.39 is 0 Å². The number of nitrogens with zero attached hydrogens (tertiary/aromatic N) is 1. The molecule has 0 aromatic heterocycles. The van der Waals surface area contributed by atoms with E-state index >= 15 is 0 Å². The van der Waals surface area contributed by atoms with Gasteiger partial charge in [0.25, 0.3) is 0 Å². The van der Waals surface area contributed by atoms with Crippen molar-refractivity contribution in [2.75, 3.05) is 26.2 Å². The van der Waals surface area contributed by atoms with Gasteiger partial charge in [0.1, 0.15) is 5.75 Å². The predicted octanol–water partition coefficient (Wildman–Crippen LogP) is 1.58. The van der Waals surface area contributed by atoms with Crippen molar-refractivity contribution in [2.45, 2.75) is 19.9 Å². The van der Waals surface area contributed by atoms with Gasteiger partial charge in [0.15, 0.2) is 0 Å². The van der Waals surface area contributed by atoms with Crippen molar-refractivity contribution < 1.29 is 9.53 Å². The average Bonchev–Trinajstić information content (AvgIpc) is 2.39. The highest BCUT2D eigenvalue weighted by Gasteiger charge is 2.22. The molecule has 18 heavy (non-hydrogen) atoms. The lowest BCUT2D eigenvalue weighted by atomic mass is 10.0. The number of nitrogens with one attached hydrogen (secondary N) is 1. The number of benzene rings is 1. The summed E-state index contributed by atoms with van der Waals surface area (Å²) in [5, 5.41) is 3.44. The minimum atomic E-state index is 0.141. The second-order valence-corrected chi connectivity index (χ2v) is 4.48. The van der Waals surface area contributed by atoms with Crippen molar-refractivity contribution in [2.24, 2.45) is 0 Å². The van der Waals surface area contributed by atoms with E-state index in [2.05, 4.69) is 11.4 Å². The summed E-state index contributed by atoms with van der Waals surface area (Å²) in [6.45, 7) is 6.62. The van der Waals surface area contributed by atoms with Gasteiger partial charge in [-0.1, -0.05) is 12.1 Å². The molecule has 98 valence electrons. The van der Waals surface area contributed by atoms with Crippen LogP contribution in [0.15, 0.2) is 24.3 Å². The van der Waals surface area contributed by atoms with E-state index in [0.29, 0.717) is 6.61 Å². The third kappa shape index (κ3) is 3.01. The van der Waals surface area contributed by atoms with Crippen LogP contribution in [-0.2, 0) is 4.79 Å². The van der Waals surface area contributed by atoms with E-state index in [1.807, 2.05) is 30.0 Å². The highest BCUT2D eigenvalue weighted by Crippen LogP contribution is 2.21. The molecule has 0 bridgehead atoms. The third-order valence-electron chi connectivity index (χ3n) is 3.19. The molecule has 1 fully saturated rings. The highest BCUT2D eigenvalue weighted by atomic mass is 16.5. The summed E-state index contributed by atoms with van der Waals surface area (Å²) in [5.74, 6) is 1.03. The molecule has 0 saturated carbocycles. The van der Waals surface area contributed by atoms with Crippen molar-refractivity contribution in [3.8, 4) is 5.75 Å². The SMILES string of the molecule is CCOc1cccc(C2CN(C(C)=O)CCN2)c1. The molecule has 0 radical (unpaired) electrons. The first-order valence-electron chi connectivity index (χ1n) is 6.42. The van der Waals surface area contributed by atoms with Gasteiger partial charge in [-0.3, -0.25) is 4.79 Å². The van der Waals surface area contributed by atoms with Gasteiger partial charge in [-0.05, 0) is 24.6 Å². The summed E-state index contributed by atoms with van der Waals surface area (Å²) < 4.78 is 5.50. The number of amides is 1. The first kappa shape index (κ1) is 12.9. The fourth-order valence-electron chi connectivity index (χ4n) is 2.25. The van der Waals surface area contributed by atoms with E-state index in [9.17, 15) is 4.79 Å². The summed E-state index contributed by atoms with van der Waals surface area (Å²) in [6.07, 6.45) is 0. The topological polar surface area (TPSA) is 41.6 Å². The summed E-state index contributed by atoms with van der Waals surface area (Å²) in [6, 6.07) is 8.27. The van der Waals surface area contributed by atoms with Gasteiger partial charge in [-0.25, -0.2) is 0 Å². The van der Waals surface area contributed by atoms with Crippen molar-refractivity contribution in [3.05, 3.63) is 29.8 Å². The largest absolute Gasteiger partial charge is 0.494 e. The standard InChI is InChI=1S/C14H20N2O2/c1-3-18-13-6-4-5-12(9-13)14-10-16(11(2)17)8-7-15-14/h4-6,9,14-15H,3,7-8,10H2,1-2H3. The molecule has 1 unspecified atom stereocenters. The maximum absolute atomic E-state index is 11.4. The smallest absolute Gasteiger partial charge is 0.219 e.